The summed E-state index contributed by atoms with van der Waals surface area (Å²) in [6.45, 7) is 5.33. The van der Waals surface area contributed by atoms with E-state index in [1.54, 1.807) is 13.0 Å². The number of nitriles is 1. The lowest BCUT2D eigenvalue weighted by Gasteiger charge is -2.29. The topological polar surface area (TPSA) is 95.3 Å². The van der Waals surface area contributed by atoms with E-state index in [1.165, 1.54) is 18.3 Å². The number of hydrogen-bond donors (Lipinski definition) is 1. The zero-order valence-corrected chi connectivity index (χ0v) is 12.6. The van der Waals surface area contributed by atoms with Gasteiger partial charge in [-0.1, -0.05) is 0 Å². The molecule has 1 unspecified atom stereocenters. The molecule has 1 fully saturated rings. The minimum absolute atomic E-state index is 0.0821. The smallest absolute Gasteiger partial charge is 0.243 e. The van der Waals surface area contributed by atoms with E-state index in [9.17, 15) is 8.42 Å². The Bertz CT molecular complexity index is 621. The van der Waals surface area contributed by atoms with E-state index in [4.69, 9.17) is 10.00 Å². The molecular formula is C13H18N4O3S. The van der Waals surface area contributed by atoms with Crippen molar-refractivity contribution in [1.82, 2.24) is 14.6 Å². The van der Waals surface area contributed by atoms with Crippen molar-refractivity contribution >= 4 is 10.0 Å². The van der Waals surface area contributed by atoms with Crippen LogP contribution in [0.3, 0.4) is 0 Å². The predicted octanol–water partition coefficient (Wildman–Crippen LogP) is -0.0477. The second-order valence-electron chi connectivity index (χ2n) is 4.90. The van der Waals surface area contributed by atoms with Crippen molar-refractivity contribution in [2.75, 3.05) is 32.8 Å². The van der Waals surface area contributed by atoms with Gasteiger partial charge in [-0.2, -0.15) is 5.26 Å². The molecule has 0 amide bonds. The van der Waals surface area contributed by atoms with Crippen molar-refractivity contribution < 1.29 is 13.2 Å². The van der Waals surface area contributed by atoms with E-state index in [0.717, 1.165) is 13.1 Å². The Morgan fingerprint density at radius 2 is 2.24 bits per heavy atom. The van der Waals surface area contributed by atoms with Gasteiger partial charge in [-0.3, -0.25) is 4.90 Å². The highest BCUT2D eigenvalue weighted by atomic mass is 32.2. The summed E-state index contributed by atoms with van der Waals surface area (Å²) in [5.41, 5.74) is -0.0939. The second-order valence-corrected chi connectivity index (χ2v) is 6.58. The average Bonchev–Trinajstić information content (AvgIpc) is 2.47. The van der Waals surface area contributed by atoms with E-state index in [1.807, 2.05) is 0 Å². The summed E-state index contributed by atoms with van der Waals surface area (Å²) in [6, 6.07) is 4.42. The average molecular weight is 310 g/mol. The molecule has 1 atom stereocenters. The fourth-order valence-electron chi connectivity index (χ4n) is 2.23. The molecule has 2 rings (SSSR count). The summed E-state index contributed by atoms with van der Waals surface area (Å²) >= 11 is 0. The number of aromatic nitrogens is 1. The van der Waals surface area contributed by atoms with Crippen molar-refractivity contribution in [2.45, 2.75) is 17.9 Å². The summed E-state index contributed by atoms with van der Waals surface area (Å²) in [5.74, 6) is 0. The van der Waals surface area contributed by atoms with Crippen LogP contribution in [0.25, 0.3) is 0 Å². The maximum Gasteiger partial charge on any atom is 0.243 e. The SMILES string of the molecule is CC(CN1CCOCC1)NS(=O)(=O)c1cccnc1C#N. The van der Waals surface area contributed by atoms with Gasteiger partial charge in [0.05, 0.1) is 13.2 Å². The number of morpholine rings is 1. The van der Waals surface area contributed by atoms with Crippen LogP contribution in [-0.4, -0.2) is 57.2 Å². The summed E-state index contributed by atoms with van der Waals surface area (Å²) < 4.78 is 32.5. The number of hydrogen-bond acceptors (Lipinski definition) is 6. The van der Waals surface area contributed by atoms with Crippen LogP contribution in [0.5, 0.6) is 0 Å². The van der Waals surface area contributed by atoms with Crippen molar-refractivity contribution in [3.8, 4) is 6.07 Å². The van der Waals surface area contributed by atoms with E-state index in [0.29, 0.717) is 19.8 Å². The second kappa shape index (κ2) is 6.95. The Morgan fingerprint density at radius 1 is 1.52 bits per heavy atom. The zero-order chi connectivity index (χ0) is 15.3. The molecule has 114 valence electrons. The quantitative estimate of drug-likeness (QED) is 0.819. The largest absolute Gasteiger partial charge is 0.379 e. The first-order chi connectivity index (χ1) is 10.0. The third-order valence-electron chi connectivity index (χ3n) is 3.16. The Balaban J connectivity index is 2.04. The molecule has 1 aliphatic rings. The minimum Gasteiger partial charge on any atom is -0.379 e. The van der Waals surface area contributed by atoms with Gasteiger partial charge in [0.2, 0.25) is 10.0 Å². The number of nitrogens with one attached hydrogen (secondary N) is 1. The van der Waals surface area contributed by atoms with Gasteiger partial charge in [-0.25, -0.2) is 18.1 Å². The first-order valence-corrected chi connectivity index (χ1v) is 8.19. The van der Waals surface area contributed by atoms with Crippen LogP contribution in [0, 0.1) is 11.3 Å². The Hall–Kier alpha value is -1.53. The van der Waals surface area contributed by atoms with Crippen LogP contribution in [0.4, 0.5) is 0 Å². The molecule has 8 heteroatoms. The molecule has 0 aromatic carbocycles. The lowest BCUT2D eigenvalue weighted by Crippen LogP contribution is -2.46. The molecule has 1 aromatic heterocycles. The molecule has 0 spiro atoms. The Labute approximate surface area is 124 Å². The van der Waals surface area contributed by atoms with Crippen molar-refractivity contribution in [1.29, 1.82) is 5.26 Å². The Morgan fingerprint density at radius 3 is 2.90 bits per heavy atom. The van der Waals surface area contributed by atoms with Gasteiger partial charge >= 0.3 is 0 Å². The molecule has 0 saturated carbocycles. The fourth-order valence-corrected chi connectivity index (χ4v) is 3.57. The molecule has 1 N–H and O–H groups in total. The van der Waals surface area contributed by atoms with Crippen molar-refractivity contribution in [3.05, 3.63) is 24.0 Å². The summed E-state index contributed by atoms with van der Waals surface area (Å²) in [6.07, 6.45) is 1.40. The van der Waals surface area contributed by atoms with Gasteiger partial charge in [-0.15, -0.1) is 0 Å². The molecule has 21 heavy (non-hydrogen) atoms. The van der Waals surface area contributed by atoms with Gasteiger partial charge in [0.15, 0.2) is 5.69 Å². The van der Waals surface area contributed by atoms with E-state index >= 15 is 0 Å². The molecule has 0 bridgehead atoms. The lowest BCUT2D eigenvalue weighted by atomic mass is 10.3. The lowest BCUT2D eigenvalue weighted by molar-refractivity contribution is 0.0354. The summed E-state index contributed by atoms with van der Waals surface area (Å²) in [4.78, 5) is 5.84. The molecule has 2 heterocycles. The van der Waals surface area contributed by atoms with Crippen LogP contribution in [0.15, 0.2) is 23.2 Å². The fraction of sp³-hybridized carbons (Fsp3) is 0.538. The predicted molar refractivity (Wildman–Crippen MR) is 76.0 cm³/mol. The van der Waals surface area contributed by atoms with Crippen LogP contribution in [-0.2, 0) is 14.8 Å². The molecular weight excluding hydrogens is 292 g/mol. The number of ether oxygens (including phenoxy) is 1. The van der Waals surface area contributed by atoms with Gasteiger partial charge in [0.1, 0.15) is 11.0 Å². The maximum absolute atomic E-state index is 12.3. The first-order valence-electron chi connectivity index (χ1n) is 6.70. The van der Waals surface area contributed by atoms with E-state index < -0.39 is 10.0 Å². The highest BCUT2D eigenvalue weighted by Crippen LogP contribution is 2.12. The number of pyridine rings is 1. The van der Waals surface area contributed by atoms with Crippen LogP contribution < -0.4 is 4.72 Å². The summed E-state index contributed by atoms with van der Waals surface area (Å²) in [7, 11) is -3.75. The van der Waals surface area contributed by atoms with Crippen LogP contribution in [0.1, 0.15) is 12.6 Å². The standard InChI is InChI=1S/C13H18N4O3S/c1-11(10-17-5-7-20-8-6-17)16-21(18,19)13-3-2-4-15-12(13)9-14/h2-4,11,16H,5-8,10H2,1H3. The van der Waals surface area contributed by atoms with Crippen molar-refractivity contribution in [3.63, 3.8) is 0 Å². The molecule has 1 aliphatic heterocycles. The van der Waals surface area contributed by atoms with Crippen LogP contribution in [0.2, 0.25) is 0 Å². The number of nitrogens with zero attached hydrogens (tertiary/aromatic N) is 3. The van der Waals surface area contributed by atoms with Gasteiger partial charge < -0.3 is 4.74 Å². The monoisotopic (exact) mass is 310 g/mol. The molecule has 7 nitrogen and oxygen atoms in total. The highest BCUT2D eigenvalue weighted by Gasteiger charge is 2.23. The first kappa shape index (κ1) is 15.9. The molecule has 1 aromatic rings. The maximum atomic E-state index is 12.3. The van der Waals surface area contributed by atoms with Crippen molar-refractivity contribution in [2.24, 2.45) is 0 Å². The normalized spacial score (nSPS) is 18.1. The third kappa shape index (κ3) is 4.22. The van der Waals surface area contributed by atoms with Gasteiger partial charge in [0, 0.05) is 31.9 Å². The molecule has 1 saturated heterocycles. The van der Waals surface area contributed by atoms with E-state index in [-0.39, 0.29) is 16.6 Å². The minimum atomic E-state index is -3.75. The number of sulfonamides is 1. The zero-order valence-electron chi connectivity index (χ0n) is 11.8. The summed E-state index contributed by atoms with van der Waals surface area (Å²) in [5, 5.41) is 8.95. The Kier molecular flexibility index (Phi) is 5.25. The van der Waals surface area contributed by atoms with Gasteiger partial charge in [0.25, 0.3) is 0 Å². The van der Waals surface area contributed by atoms with Crippen LogP contribution >= 0.6 is 0 Å². The number of rotatable bonds is 5. The molecule has 0 aliphatic carbocycles. The third-order valence-corrected chi connectivity index (χ3v) is 4.78. The molecule has 0 radical (unpaired) electrons. The van der Waals surface area contributed by atoms with Gasteiger partial charge in [-0.05, 0) is 19.1 Å². The van der Waals surface area contributed by atoms with E-state index in [2.05, 4.69) is 14.6 Å². The highest BCUT2D eigenvalue weighted by molar-refractivity contribution is 7.89.